The van der Waals surface area contributed by atoms with Gasteiger partial charge >= 0.3 is 0 Å². The molecule has 0 bridgehead atoms. The molecule has 0 aromatic carbocycles. The Hall–Kier alpha value is 0.610. The van der Waals surface area contributed by atoms with Gasteiger partial charge in [0.15, 0.2) is 0 Å². The van der Waals surface area contributed by atoms with E-state index >= 15 is 0 Å². The van der Waals surface area contributed by atoms with Crippen molar-refractivity contribution in [2.45, 2.75) is 19.4 Å². The van der Waals surface area contributed by atoms with Gasteiger partial charge in [-0.3, -0.25) is 0 Å². The van der Waals surface area contributed by atoms with Crippen molar-refractivity contribution >= 4 is 25.4 Å². The van der Waals surface area contributed by atoms with E-state index in [1.54, 1.807) is 0 Å². The van der Waals surface area contributed by atoms with Gasteiger partial charge in [-0.2, -0.15) is 0 Å². The molecule has 8 heavy (non-hydrogen) atoms. The van der Waals surface area contributed by atoms with Crippen LogP contribution in [0.3, 0.4) is 0 Å². The van der Waals surface area contributed by atoms with Gasteiger partial charge in [-0.05, 0) is 17.5 Å². The molecule has 0 radical (unpaired) electrons. The van der Waals surface area contributed by atoms with Crippen molar-refractivity contribution in [2.24, 2.45) is 0 Å². The summed E-state index contributed by atoms with van der Waals surface area (Å²) in [6.07, 6.45) is 3.19. The van der Waals surface area contributed by atoms with Crippen LogP contribution in [0.15, 0.2) is 11.1 Å². The lowest BCUT2D eigenvalue weighted by molar-refractivity contribution is 0.289. The first-order valence-electron chi connectivity index (χ1n) is 2.47. The van der Waals surface area contributed by atoms with Gasteiger partial charge in [-0.25, -0.2) is 0 Å². The van der Waals surface area contributed by atoms with Gasteiger partial charge in [0.2, 0.25) is 0 Å². The zero-order chi connectivity index (χ0) is 6.41. The molecule has 1 nitrogen and oxygen atoms in total. The summed E-state index contributed by atoms with van der Waals surface area (Å²) >= 11 is 3.16. The lowest BCUT2D eigenvalue weighted by atomic mass is 10.3. The zero-order valence-corrected chi connectivity index (χ0v) is 7.54. The fourth-order valence-corrected chi connectivity index (χ4v) is 0.982. The molecule has 0 aliphatic heterocycles. The Bertz CT molecular complexity index is 70.8. The highest BCUT2D eigenvalue weighted by molar-refractivity contribution is 9.11. The molecule has 0 aliphatic carbocycles. The molecule has 48 valence electrons. The van der Waals surface area contributed by atoms with E-state index in [2.05, 4.69) is 32.3 Å². The summed E-state index contributed by atoms with van der Waals surface area (Å²) < 4.78 is 4.94. The van der Waals surface area contributed by atoms with Gasteiger partial charge in [0.1, 0.15) is 0 Å². The van der Waals surface area contributed by atoms with E-state index in [9.17, 15) is 0 Å². The van der Waals surface area contributed by atoms with E-state index < -0.39 is 0 Å². The van der Waals surface area contributed by atoms with Crippen LogP contribution >= 0.6 is 25.4 Å². The first kappa shape index (κ1) is 8.61. The number of hydrogen-bond acceptors (Lipinski definition) is 1. The Morgan fingerprint density at radius 2 is 2.50 bits per heavy atom. The van der Waals surface area contributed by atoms with Crippen molar-refractivity contribution in [2.75, 3.05) is 0 Å². The van der Waals surface area contributed by atoms with E-state index in [0.29, 0.717) is 0 Å². The monoisotopic (exact) mass is 196 g/mol. The number of hydrogen-bond donors (Lipinski definition) is 0. The normalized spacial score (nSPS) is 14.9. The van der Waals surface area contributed by atoms with Gasteiger partial charge in [0.25, 0.3) is 0 Å². The minimum absolute atomic E-state index is 0.236. The van der Waals surface area contributed by atoms with E-state index in [1.165, 1.54) is 0 Å². The predicted molar refractivity (Wildman–Crippen MR) is 42.9 cm³/mol. The summed E-state index contributed by atoms with van der Waals surface area (Å²) in [5.41, 5.74) is 0. The quantitative estimate of drug-likeness (QED) is 0.631. The second-order valence-corrected chi connectivity index (χ2v) is 2.20. The molecular weight excluding hydrogens is 187 g/mol. The molecule has 0 saturated heterocycles. The first-order chi connectivity index (χ1) is 3.85. The molecular formula is C5H10BrOP. The first-order valence-corrected chi connectivity index (χ1v) is 3.86. The van der Waals surface area contributed by atoms with Crippen LogP contribution in [0, 0.1) is 0 Å². The summed E-state index contributed by atoms with van der Waals surface area (Å²) in [5, 5.41) is 0. The third-order valence-electron chi connectivity index (χ3n) is 0.865. The molecule has 0 rings (SSSR count). The topological polar surface area (TPSA) is 9.23 Å². The molecule has 0 aromatic heterocycles. The highest BCUT2D eigenvalue weighted by Crippen LogP contribution is 2.04. The summed E-state index contributed by atoms with van der Waals surface area (Å²) in [7, 11) is 2.24. The van der Waals surface area contributed by atoms with Crippen LogP contribution in [-0.2, 0) is 4.52 Å². The van der Waals surface area contributed by atoms with Crippen LogP contribution in [0.25, 0.3) is 0 Å². The molecule has 0 fully saturated rings. The van der Waals surface area contributed by atoms with Gasteiger partial charge in [0.05, 0.1) is 6.10 Å². The molecule has 0 spiro atoms. The Labute approximate surface area is 60.9 Å². The predicted octanol–water partition coefficient (Wildman–Crippen LogP) is 2.48. The van der Waals surface area contributed by atoms with E-state index in [0.717, 1.165) is 6.42 Å². The largest absolute Gasteiger partial charge is 0.358 e. The lowest BCUT2D eigenvalue weighted by Crippen LogP contribution is -1.98. The Morgan fingerprint density at radius 1 is 1.88 bits per heavy atom. The average Bonchev–Trinajstić information content (AvgIpc) is 1.83. The molecule has 2 unspecified atom stereocenters. The second-order valence-electron chi connectivity index (χ2n) is 1.40. The van der Waals surface area contributed by atoms with Crippen molar-refractivity contribution in [3.8, 4) is 0 Å². The third-order valence-corrected chi connectivity index (χ3v) is 1.52. The van der Waals surface area contributed by atoms with Gasteiger partial charge < -0.3 is 4.52 Å². The molecule has 3 heteroatoms. The second kappa shape index (κ2) is 5.74. The van der Waals surface area contributed by atoms with Crippen molar-refractivity contribution in [3.63, 3.8) is 0 Å². The minimum atomic E-state index is 0.236. The van der Waals surface area contributed by atoms with E-state index in [-0.39, 0.29) is 6.10 Å². The maximum atomic E-state index is 4.94. The van der Waals surface area contributed by atoms with Crippen LogP contribution in [0.5, 0.6) is 0 Å². The van der Waals surface area contributed by atoms with Crippen molar-refractivity contribution in [1.82, 2.24) is 0 Å². The van der Waals surface area contributed by atoms with Crippen molar-refractivity contribution in [1.29, 1.82) is 0 Å². The summed E-state index contributed by atoms with van der Waals surface area (Å²) in [5.74, 6) is 0. The van der Waals surface area contributed by atoms with Crippen LogP contribution in [0.2, 0.25) is 0 Å². The average molecular weight is 197 g/mol. The van der Waals surface area contributed by atoms with Crippen LogP contribution < -0.4 is 0 Å². The maximum absolute atomic E-state index is 4.94. The molecule has 0 amide bonds. The fourth-order valence-electron chi connectivity index (χ4n) is 0.359. The number of halogens is 1. The summed E-state index contributed by atoms with van der Waals surface area (Å²) in [6.45, 7) is 2.07. The van der Waals surface area contributed by atoms with Crippen molar-refractivity contribution in [3.05, 3.63) is 11.1 Å². The Morgan fingerprint density at radius 3 is 2.62 bits per heavy atom. The highest BCUT2D eigenvalue weighted by atomic mass is 79.9. The molecule has 0 aromatic rings. The van der Waals surface area contributed by atoms with Crippen molar-refractivity contribution < 1.29 is 4.52 Å². The Balaban J connectivity index is 3.36. The maximum Gasteiger partial charge on any atom is 0.0796 e. The molecule has 0 N–H and O–H groups in total. The molecule has 0 aliphatic rings. The van der Waals surface area contributed by atoms with Gasteiger partial charge in [0, 0.05) is 9.47 Å². The SMILES string of the molecule is CCC(C=CBr)OP. The Kier molecular flexibility index (Phi) is 6.18. The van der Waals surface area contributed by atoms with E-state index in [4.69, 9.17) is 4.52 Å². The van der Waals surface area contributed by atoms with Crippen LogP contribution in [-0.4, -0.2) is 6.10 Å². The van der Waals surface area contributed by atoms with Gasteiger partial charge in [-0.15, -0.1) is 0 Å². The highest BCUT2D eigenvalue weighted by Gasteiger charge is 1.94. The molecule has 0 heterocycles. The number of rotatable bonds is 3. The smallest absolute Gasteiger partial charge is 0.0796 e. The third kappa shape index (κ3) is 3.59. The van der Waals surface area contributed by atoms with E-state index in [1.807, 2.05) is 11.1 Å². The molecule has 0 saturated carbocycles. The van der Waals surface area contributed by atoms with Crippen LogP contribution in [0.4, 0.5) is 0 Å². The van der Waals surface area contributed by atoms with Crippen LogP contribution in [0.1, 0.15) is 13.3 Å². The summed E-state index contributed by atoms with van der Waals surface area (Å²) in [6, 6.07) is 0. The molecule has 2 atom stereocenters. The summed E-state index contributed by atoms with van der Waals surface area (Å²) in [4.78, 5) is 1.81. The zero-order valence-electron chi connectivity index (χ0n) is 4.80. The fraction of sp³-hybridized carbons (Fsp3) is 0.600. The standard InChI is InChI=1S/C5H10BrOP/c1-2-5(7-8)3-4-6/h3-5H,2,8H2,1H3. The lowest BCUT2D eigenvalue weighted by Gasteiger charge is -2.03. The van der Waals surface area contributed by atoms with Gasteiger partial charge in [-0.1, -0.05) is 22.9 Å². The minimum Gasteiger partial charge on any atom is -0.358 e.